The topological polar surface area (TPSA) is 53.6 Å². The molecule has 1 saturated carbocycles. The second kappa shape index (κ2) is 7.27. The summed E-state index contributed by atoms with van der Waals surface area (Å²) in [7, 11) is 3.52. The van der Waals surface area contributed by atoms with Crippen LogP contribution < -0.4 is 10.6 Å². The number of rotatable bonds is 4. The van der Waals surface area contributed by atoms with Gasteiger partial charge in [-0.1, -0.05) is 19.3 Å². The Balaban J connectivity index is 1.67. The summed E-state index contributed by atoms with van der Waals surface area (Å²) >= 11 is 0. The van der Waals surface area contributed by atoms with Crippen molar-refractivity contribution in [1.29, 1.82) is 0 Å². The standard InChI is InChI=1S/C15H29N3O2/c1-18(2)14(19)17-10-9-16-13-6-11-20-15(12-13)7-4-3-5-8-15/h13,16H,3-12H2,1-2H3,(H,17,19). The van der Waals surface area contributed by atoms with Gasteiger partial charge in [0.2, 0.25) is 0 Å². The summed E-state index contributed by atoms with van der Waals surface area (Å²) in [6.45, 7) is 2.39. The molecule has 2 amide bonds. The summed E-state index contributed by atoms with van der Waals surface area (Å²) in [5.41, 5.74) is 0.154. The lowest BCUT2D eigenvalue weighted by atomic mass is 9.78. The molecule has 0 radical (unpaired) electrons. The van der Waals surface area contributed by atoms with E-state index in [0.717, 1.165) is 26.0 Å². The molecule has 1 heterocycles. The van der Waals surface area contributed by atoms with Crippen LogP contribution in [0.25, 0.3) is 0 Å². The highest BCUT2D eigenvalue weighted by molar-refractivity contribution is 5.73. The second-order valence-corrected chi connectivity index (χ2v) is 6.36. The van der Waals surface area contributed by atoms with Crippen molar-refractivity contribution in [2.24, 2.45) is 0 Å². The molecule has 2 fully saturated rings. The highest BCUT2D eigenvalue weighted by Crippen LogP contribution is 2.38. The molecular weight excluding hydrogens is 254 g/mol. The highest BCUT2D eigenvalue weighted by Gasteiger charge is 2.38. The molecule has 0 bridgehead atoms. The molecule has 1 spiro atoms. The molecule has 1 atom stereocenters. The van der Waals surface area contributed by atoms with Crippen LogP contribution in [0, 0.1) is 0 Å². The Bertz CT molecular complexity index is 309. The van der Waals surface area contributed by atoms with Crippen molar-refractivity contribution < 1.29 is 9.53 Å². The quantitative estimate of drug-likeness (QED) is 0.773. The maximum atomic E-state index is 11.4. The van der Waals surface area contributed by atoms with Gasteiger partial charge in [-0.3, -0.25) is 0 Å². The zero-order valence-corrected chi connectivity index (χ0v) is 12.9. The van der Waals surface area contributed by atoms with Crippen LogP contribution in [0.1, 0.15) is 44.9 Å². The van der Waals surface area contributed by atoms with Crippen LogP contribution in [0.2, 0.25) is 0 Å². The van der Waals surface area contributed by atoms with E-state index in [0.29, 0.717) is 12.6 Å². The fourth-order valence-corrected chi connectivity index (χ4v) is 3.35. The third-order valence-corrected chi connectivity index (χ3v) is 4.50. The minimum absolute atomic E-state index is 0.0254. The molecule has 20 heavy (non-hydrogen) atoms. The Kier molecular flexibility index (Phi) is 5.66. The molecule has 0 aromatic heterocycles. The van der Waals surface area contributed by atoms with Crippen LogP contribution in [0.15, 0.2) is 0 Å². The number of carbonyl (C=O) groups excluding carboxylic acids is 1. The van der Waals surface area contributed by atoms with Crippen molar-refractivity contribution >= 4 is 6.03 Å². The van der Waals surface area contributed by atoms with Gasteiger partial charge in [0.05, 0.1) is 5.60 Å². The van der Waals surface area contributed by atoms with Gasteiger partial charge in [-0.05, 0) is 25.7 Å². The first-order valence-electron chi connectivity index (χ1n) is 7.94. The van der Waals surface area contributed by atoms with Crippen molar-refractivity contribution in [3.63, 3.8) is 0 Å². The summed E-state index contributed by atoms with van der Waals surface area (Å²) < 4.78 is 6.10. The van der Waals surface area contributed by atoms with Crippen LogP contribution in [-0.4, -0.2) is 56.4 Å². The van der Waals surface area contributed by atoms with E-state index in [4.69, 9.17) is 4.74 Å². The molecule has 116 valence electrons. The van der Waals surface area contributed by atoms with Gasteiger partial charge in [-0.15, -0.1) is 0 Å². The average Bonchev–Trinajstić information content (AvgIpc) is 2.44. The van der Waals surface area contributed by atoms with E-state index in [1.165, 1.54) is 32.1 Å². The Labute approximate surface area is 122 Å². The fraction of sp³-hybridized carbons (Fsp3) is 0.933. The number of hydrogen-bond acceptors (Lipinski definition) is 3. The second-order valence-electron chi connectivity index (χ2n) is 6.36. The molecule has 2 aliphatic rings. The van der Waals surface area contributed by atoms with E-state index < -0.39 is 0 Å². The Morgan fingerprint density at radius 1 is 1.25 bits per heavy atom. The maximum Gasteiger partial charge on any atom is 0.316 e. The van der Waals surface area contributed by atoms with E-state index in [1.807, 2.05) is 0 Å². The highest BCUT2D eigenvalue weighted by atomic mass is 16.5. The maximum absolute atomic E-state index is 11.4. The molecule has 5 nitrogen and oxygen atoms in total. The Morgan fingerprint density at radius 2 is 2.00 bits per heavy atom. The lowest BCUT2D eigenvalue weighted by Gasteiger charge is -2.43. The van der Waals surface area contributed by atoms with Crippen LogP contribution in [0.4, 0.5) is 4.79 Å². The summed E-state index contributed by atoms with van der Waals surface area (Å²) in [6.07, 6.45) is 8.65. The average molecular weight is 283 g/mol. The van der Waals surface area contributed by atoms with Crippen LogP contribution in [0.3, 0.4) is 0 Å². The van der Waals surface area contributed by atoms with Gasteiger partial charge in [0.25, 0.3) is 0 Å². The predicted molar refractivity (Wildman–Crippen MR) is 79.9 cm³/mol. The van der Waals surface area contributed by atoms with Gasteiger partial charge in [-0.2, -0.15) is 0 Å². The van der Waals surface area contributed by atoms with Gasteiger partial charge in [0.15, 0.2) is 0 Å². The van der Waals surface area contributed by atoms with E-state index in [2.05, 4.69) is 10.6 Å². The summed E-state index contributed by atoms with van der Waals surface area (Å²) in [5, 5.41) is 6.46. The van der Waals surface area contributed by atoms with Crippen molar-refractivity contribution in [2.75, 3.05) is 33.8 Å². The van der Waals surface area contributed by atoms with Gasteiger partial charge >= 0.3 is 6.03 Å². The van der Waals surface area contributed by atoms with Gasteiger partial charge in [-0.25, -0.2) is 4.79 Å². The predicted octanol–water partition coefficient (Wildman–Crippen LogP) is 1.73. The van der Waals surface area contributed by atoms with E-state index in [-0.39, 0.29) is 11.6 Å². The molecule has 1 unspecified atom stereocenters. The van der Waals surface area contributed by atoms with Crippen molar-refractivity contribution in [2.45, 2.75) is 56.6 Å². The normalized spacial score (nSPS) is 25.4. The number of nitrogens with one attached hydrogen (secondary N) is 2. The van der Waals surface area contributed by atoms with Crippen molar-refractivity contribution in [1.82, 2.24) is 15.5 Å². The van der Waals surface area contributed by atoms with E-state index in [1.54, 1.807) is 19.0 Å². The SMILES string of the molecule is CN(C)C(=O)NCCNC1CCOC2(CCCCC2)C1. The zero-order chi connectivity index (χ0) is 14.4. The van der Waals surface area contributed by atoms with Crippen molar-refractivity contribution in [3.8, 4) is 0 Å². The molecule has 1 aliphatic heterocycles. The lowest BCUT2D eigenvalue weighted by Crippen LogP contribution is -2.49. The first-order chi connectivity index (χ1) is 9.61. The monoisotopic (exact) mass is 283 g/mol. The third kappa shape index (κ3) is 4.35. The smallest absolute Gasteiger partial charge is 0.316 e. The van der Waals surface area contributed by atoms with Gasteiger partial charge in [0, 0.05) is 39.8 Å². The summed E-state index contributed by atoms with van der Waals surface area (Å²) in [5.74, 6) is 0. The molecule has 5 heteroatoms. The molecular formula is C15H29N3O2. The van der Waals surface area contributed by atoms with E-state index in [9.17, 15) is 4.79 Å². The molecule has 2 N–H and O–H groups in total. The number of amides is 2. The number of nitrogens with zero attached hydrogens (tertiary/aromatic N) is 1. The largest absolute Gasteiger partial charge is 0.375 e. The number of carbonyl (C=O) groups is 1. The fourth-order valence-electron chi connectivity index (χ4n) is 3.35. The molecule has 2 rings (SSSR count). The molecule has 1 aliphatic carbocycles. The molecule has 0 aromatic carbocycles. The Morgan fingerprint density at radius 3 is 2.70 bits per heavy atom. The van der Waals surface area contributed by atoms with Gasteiger partial charge in [0.1, 0.15) is 0 Å². The minimum Gasteiger partial charge on any atom is -0.375 e. The molecule has 0 aromatic rings. The Hall–Kier alpha value is -0.810. The summed E-state index contributed by atoms with van der Waals surface area (Å²) in [4.78, 5) is 13.0. The van der Waals surface area contributed by atoms with Crippen molar-refractivity contribution in [3.05, 3.63) is 0 Å². The first kappa shape index (κ1) is 15.6. The lowest BCUT2D eigenvalue weighted by molar-refractivity contribution is -0.109. The van der Waals surface area contributed by atoms with Crippen LogP contribution in [-0.2, 0) is 4.74 Å². The third-order valence-electron chi connectivity index (χ3n) is 4.50. The zero-order valence-electron chi connectivity index (χ0n) is 12.9. The minimum atomic E-state index is -0.0254. The molecule has 1 saturated heterocycles. The van der Waals surface area contributed by atoms with E-state index >= 15 is 0 Å². The van der Waals surface area contributed by atoms with Gasteiger partial charge < -0.3 is 20.3 Å². The number of ether oxygens (including phenoxy) is 1. The number of urea groups is 1. The van der Waals surface area contributed by atoms with Crippen LogP contribution >= 0.6 is 0 Å². The van der Waals surface area contributed by atoms with Crippen LogP contribution in [0.5, 0.6) is 0 Å². The number of hydrogen-bond donors (Lipinski definition) is 2. The first-order valence-corrected chi connectivity index (χ1v) is 7.94. The summed E-state index contributed by atoms with van der Waals surface area (Å²) in [6, 6.07) is 0.514.